The molecule has 170 valence electrons. The molecule has 1 saturated heterocycles. The fourth-order valence-electron chi connectivity index (χ4n) is 4.84. The minimum Gasteiger partial charge on any atom is -0.496 e. The van der Waals surface area contributed by atoms with Crippen molar-refractivity contribution in [1.82, 2.24) is 20.1 Å². The molecule has 2 atom stereocenters. The Hall–Kier alpha value is -3.38. The number of nitrogens with zero attached hydrogens (tertiary/aromatic N) is 4. The zero-order valence-corrected chi connectivity index (χ0v) is 19.7. The summed E-state index contributed by atoms with van der Waals surface area (Å²) in [5.74, 6) is 0.808. The first-order valence-corrected chi connectivity index (χ1v) is 11.7. The van der Waals surface area contributed by atoms with Gasteiger partial charge in [-0.2, -0.15) is 5.10 Å². The molecule has 0 saturated carbocycles. The molecule has 0 aliphatic carbocycles. The second-order valence-corrected chi connectivity index (χ2v) is 8.88. The SMILES string of the molecule is CCc1nn(-c2ccccc2)c2nc(-c3ccc(N4CC(C)NC(C)C4)cc3)cc(OC)c12. The Kier molecular flexibility index (Phi) is 5.77. The number of aromatic nitrogens is 3. The van der Waals surface area contributed by atoms with Crippen LogP contribution in [0, 0.1) is 0 Å². The van der Waals surface area contributed by atoms with Crippen LogP contribution in [0.3, 0.4) is 0 Å². The maximum absolute atomic E-state index is 5.82. The van der Waals surface area contributed by atoms with Gasteiger partial charge in [0.05, 0.1) is 29.6 Å². The van der Waals surface area contributed by atoms with E-state index in [2.05, 4.69) is 67.4 Å². The lowest BCUT2D eigenvalue weighted by molar-refractivity contribution is 0.407. The van der Waals surface area contributed by atoms with Gasteiger partial charge >= 0.3 is 0 Å². The highest BCUT2D eigenvalue weighted by Crippen LogP contribution is 2.34. The highest BCUT2D eigenvalue weighted by atomic mass is 16.5. The second kappa shape index (κ2) is 8.87. The van der Waals surface area contributed by atoms with Crippen molar-refractivity contribution < 1.29 is 4.74 Å². The number of aryl methyl sites for hydroxylation is 1. The number of methoxy groups -OCH3 is 1. The zero-order valence-electron chi connectivity index (χ0n) is 19.7. The van der Waals surface area contributed by atoms with Gasteiger partial charge in [-0.3, -0.25) is 0 Å². The normalized spacial score (nSPS) is 18.6. The fourth-order valence-corrected chi connectivity index (χ4v) is 4.84. The molecule has 1 aliphatic heterocycles. The monoisotopic (exact) mass is 441 g/mol. The van der Waals surface area contributed by atoms with Crippen molar-refractivity contribution in [3.63, 3.8) is 0 Å². The van der Waals surface area contributed by atoms with Crippen LogP contribution >= 0.6 is 0 Å². The van der Waals surface area contributed by atoms with Crippen LogP contribution in [0.1, 0.15) is 26.5 Å². The van der Waals surface area contributed by atoms with E-state index < -0.39 is 0 Å². The van der Waals surface area contributed by atoms with Crippen molar-refractivity contribution in [3.8, 4) is 22.7 Å². The smallest absolute Gasteiger partial charge is 0.167 e. The van der Waals surface area contributed by atoms with Crippen molar-refractivity contribution >= 4 is 16.7 Å². The van der Waals surface area contributed by atoms with Gasteiger partial charge in [0.1, 0.15) is 5.75 Å². The molecule has 2 unspecified atom stereocenters. The minimum atomic E-state index is 0.479. The molecule has 1 aliphatic rings. The second-order valence-electron chi connectivity index (χ2n) is 8.88. The summed E-state index contributed by atoms with van der Waals surface area (Å²) in [5.41, 5.74) is 5.99. The Morgan fingerprint density at radius 1 is 0.970 bits per heavy atom. The standard InChI is InChI=1S/C27H31N5O/c1-5-23-26-25(33-4)15-24(29-27(26)32(30-23)22-9-7-6-8-10-22)20-11-13-21(14-12-20)31-16-18(2)28-19(3)17-31/h6-15,18-19,28H,5,16-17H2,1-4H3. The summed E-state index contributed by atoms with van der Waals surface area (Å²) in [7, 11) is 1.72. The average Bonchev–Trinajstić information content (AvgIpc) is 3.22. The molecule has 5 rings (SSSR count). The number of para-hydroxylation sites is 1. The number of hydrogen-bond donors (Lipinski definition) is 1. The predicted molar refractivity (Wildman–Crippen MR) is 135 cm³/mol. The van der Waals surface area contributed by atoms with Crippen molar-refractivity contribution in [2.45, 2.75) is 39.3 Å². The van der Waals surface area contributed by atoms with Crippen LogP contribution in [0.15, 0.2) is 60.7 Å². The number of rotatable bonds is 5. The maximum atomic E-state index is 5.82. The molecule has 6 heteroatoms. The number of hydrogen-bond acceptors (Lipinski definition) is 5. The number of fused-ring (bicyclic) bond motifs is 1. The molecule has 1 N–H and O–H groups in total. The van der Waals surface area contributed by atoms with E-state index in [9.17, 15) is 0 Å². The van der Waals surface area contributed by atoms with E-state index in [1.54, 1.807) is 7.11 Å². The molecule has 0 bridgehead atoms. The van der Waals surface area contributed by atoms with Crippen molar-refractivity contribution in [2.24, 2.45) is 0 Å². The van der Waals surface area contributed by atoms with E-state index in [4.69, 9.17) is 14.8 Å². The summed E-state index contributed by atoms with van der Waals surface area (Å²) in [4.78, 5) is 7.51. The summed E-state index contributed by atoms with van der Waals surface area (Å²) in [5, 5.41) is 9.45. The van der Waals surface area contributed by atoms with Gasteiger partial charge in [0.15, 0.2) is 5.65 Å². The third-order valence-corrected chi connectivity index (χ3v) is 6.32. The van der Waals surface area contributed by atoms with E-state index in [0.717, 1.165) is 58.9 Å². The van der Waals surface area contributed by atoms with Gasteiger partial charge in [-0.1, -0.05) is 37.3 Å². The number of benzene rings is 2. The lowest BCUT2D eigenvalue weighted by Gasteiger charge is -2.37. The highest BCUT2D eigenvalue weighted by Gasteiger charge is 2.22. The van der Waals surface area contributed by atoms with E-state index in [1.165, 1.54) is 5.69 Å². The van der Waals surface area contributed by atoms with Gasteiger partial charge in [-0.15, -0.1) is 0 Å². The summed E-state index contributed by atoms with van der Waals surface area (Å²) >= 11 is 0. The van der Waals surface area contributed by atoms with E-state index in [1.807, 2.05) is 28.9 Å². The fraction of sp³-hybridized carbons (Fsp3) is 0.333. The summed E-state index contributed by atoms with van der Waals surface area (Å²) < 4.78 is 7.74. The molecule has 33 heavy (non-hydrogen) atoms. The number of piperazine rings is 1. The number of pyridine rings is 1. The lowest BCUT2D eigenvalue weighted by atomic mass is 10.1. The summed E-state index contributed by atoms with van der Waals surface area (Å²) in [6.45, 7) is 8.61. The molecule has 6 nitrogen and oxygen atoms in total. The molecular formula is C27H31N5O. The van der Waals surface area contributed by atoms with Crippen molar-refractivity contribution in [3.05, 3.63) is 66.4 Å². The quantitative estimate of drug-likeness (QED) is 0.480. The summed E-state index contributed by atoms with van der Waals surface area (Å²) in [6, 6.07) is 21.9. The molecule has 1 fully saturated rings. The van der Waals surface area contributed by atoms with Crippen LogP contribution in [-0.2, 0) is 6.42 Å². The van der Waals surface area contributed by atoms with Gasteiger partial charge in [0, 0.05) is 42.5 Å². The van der Waals surface area contributed by atoms with Crippen LogP contribution in [0.25, 0.3) is 28.0 Å². The molecule has 0 radical (unpaired) electrons. The van der Waals surface area contributed by atoms with Crippen LogP contribution in [0.5, 0.6) is 5.75 Å². The third-order valence-electron chi connectivity index (χ3n) is 6.32. The number of nitrogens with one attached hydrogen (secondary N) is 1. The van der Waals surface area contributed by atoms with Crippen molar-refractivity contribution in [2.75, 3.05) is 25.1 Å². The Morgan fingerprint density at radius 2 is 1.67 bits per heavy atom. The Labute approximate surface area is 195 Å². The van der Waals surface area contributed by atoms with Crippen LogP contribution in [-0.4, -0.2) is 47.0 Å². The van der Waals surface area contributed by atoms with Gasteiger partial charge in [-0.05, 0) is 44.5 Å². The van der Waals surface area contributed by atoms with Crippen molar-refractivity contribution in [1.29, 1.82) is 0 Å². The van der Waals surface area contributed by atoms with Gasteiger partial charge in [0.2, 0.25) is 0 Å². The molecule has 0 spiro atoms. The Balaban J connectivity index is 1.57. The minimum absolute atomic E-state index is 0.479. The molecule has 4 aromatic rings. The Morgan fingerprint density at radius 3 is 2.30 bits per heavy atom. The first-order chi connectivity index (χ1) is 16.1. The van der Waals surface area contributed by atoms with Gasteiger partial charge in [-0.25, -0.2) is 9.67 Å². The number of ether oxygens (including phenoxy) is 1. The van der Waals surface area contributed by atoms with Gasteiger partial charge in [0.25, 0.3) is 0 Å². The van der Waals surface area contributed by atoms with Gasteiger partial charge < -0.3 is 15.0 Å². The van der Waals surface area contributed by atoms with E-state index in [-0.39, 0.29) is 0 Å². The van der Waals surface area contributed by atoms with Crippen LogP contribution in [0.4, 0.5) is 5.69 Å². The third kappa shape index (κ3) is 4.07. The Bertz CT molecular complexity index is 1240. The lowest BCUT2D eigenvalue weighted by Crippen LogP contribution is -2.54. The number of anilines is 1. The first kappa shape index (κ1) is 21.5. The summed E-state index contributed by atoms with van der Waals surface area (Å²) in [6.07, 6.45) is 0.809. The average molecular weight is 442 g/mol. The first-order valence-electron chi connectivity index (χ1n) is 11.7. The largest absolute Gasteiger partial charge is 0.496 e. The molecule has 2 aromatic heterocycles. The van der Waals surface area contributed by atoms with E-state index in [0.29, 0.717) is 12.1 Å². The zero-order chi connectivity index (χ0) is 22.9. The topological polar surface area (TPSA) is 55.2 Å². The predicted octanol–water partition coefficient (Wildman–Crippen LogP) is 4.85. The molecule has 2 aromatic carbocycles. The molecule has 3 heterocycles. The highest BCUT2D eigenvalue weighted by molar-refractivity contribution is 5.89. The van der Waals surface area contributed by atoms with Crippen LogP contribution in [0.2, 0.25) is 0 Å². The van der Waals surface area contributed by atoms with Crippen LogP contribution < -0.4 is 15.0 Å². The molecular weight excluding hydrogens is 410 g/mol. The maximum Gasteiger partial charge on any atom is 0.167 e. The molecule has 0 amide bonds. The van der Waals surface area contributed by atoms with E-state index >= 15 is 0 Å².